The summed E-state index contributed by atoms with van der Waals surface area (Å²) in [5, 5.41) is 3.08. The lowest BCUT2D eigenvalue weighted by Crippen LogP contribution is -2.36. The van der Waals surface area contributed by atoms with E-state index in [4.69, 9.17) is 0 Å². The van der Waals surface area contributed by atoms with Gasteiger partial charge >= 0.3 is 0 Å². The second kappa shape index (κ2) is 7.22. The van der Waals surface area contributed by atoms with Crippen LogP contribution in [0.5, 0.6) is 0 Å². The molecule has 2 rings (SSSR count). The van der Waals surface area contributed by atoms with Crippen molar-refractivity contribution >= 4 is 11.9 Å². The number of nitrogens with one attached hydrogen (secondary N) is 1. The topological polar surface area (TPSA) is 58.1 Å². The van der Waals surface area contributed by atoms with Gasteiger partial charge in [-0.3, -0.25) is 4.79 Å². The first-order valence-corrected chi connectivity index (χ1v) is 7.62. The standard InChI is InChI=1S/C15H24N4O/c1-3-19(4-2)15-16-10-12(11-17-15)14(20)18-13-8-6-5-7-9-13/h10-11,13H,3-9H2,1-2H3,(H,18,20). The van der Waals surface area contributed by atoms with Gasteiger partial charge in [-0.1, -0.05) is 19.3 Å². The number of hydrogen-bond acceptors (Lipinski definition) is 4. The Labute approximate surface area is 120 Å². The van der Waals surface area contributed by atoms with Crippen LogP contribution < -0.4 is 10.2 Å². The predicted octanol–water partition coefficient (Wildman–Crippen LogP) is 2.39. The smallest absolute Gasteiger partial charge is 0.254 e. The van der Waals surface area contributed by atoms with Gasteiger partial charge in [-0.2, -0.15) is 0 Å². The molecule has 1 saturated carbocycles. The molecule has 0 atom stereocenters. The third-order valence-electron chi connectivity index (χ3n) is 3.89. The van der Waals surface area contributed by atoms with Crippen molar-refractivity contribution in [3.05, 3.63) is 18.0 Å². The van der Waals surface area contributed by atoms with Gasteiger partial charge in [-0.25, -0.2) is 9.97 Å². The Morgan fingerprint density at radius 1 is 1.20 bits per heavy atom. The van der Waals surface area contributed by atoms with E-state index in [1.165, 1.54) is 19.3 Å². The number of nitrogens with zero attached hydrogens (tertiary/aromatic N) is 3. The monoisotopic (exact) mass is 276 g/mol. The van der Waals surface area contributed by atoms with Gasteiger partial charge in [0.1, 0.15) is 0 Å². The van der Waals surface area contributed by atoms with Crippen LogP contribution in [0.1, 0.15) is 56.3 Å². The average Bonchev–Trinajstić information content (AvgIpc) is 2.50. The minimum atomic E-state index is -0.0528. The molecule has 1 N–H and O–H groups in total. The Kier molecular flexibility index (Phi) is 5.32. The van der Waals surface area contributed by atoms with Crippen LogP contribution in [0.25, 0.3) is 0 Å². The van der Waals surface area contributed by atoms with E-state index in [1.807, 2.05) is 0 Å². The minimum absolute atomic E-state index is 0.0528. The van der Waals surface area contributed by atoms with Gasteiger partial charge in [0.2, 0.25) is 5.95 Å². The van der Waals surface area contributed by atoms with Crippen molar-refractivity contribution in [3.63, 3.8) is 0 Å². The van der Waals surface area contributed by atoms with Gasteiger partial charge < -0.3 is 10.2 Å². The molecular formula is C15H24N4O. The van der Waals surface area contributed by atoms with E-state index in [0.29, 0.717) is 17.6 Å². The molecule has 1 heterocycles. The zero-order valence-corrected chi connectivity index (χ0v) is 12.4. The highest BCUT2D eigenvalue weighted by Gasteiger charge is 2.17. The summed E-state index contributed by atoms with van der Waals surface area (Å²) in [5.41, 5.74) is 0.548. The first-order valence-electron chi connectivity index (χ1n) is 7.62. The molecule has 0 aromatic carbocycles. The Balaban J connectivity index is 1.96. The summed E-state index contributed by atoms with van der Waals surface area (Å²) in [6.07, 6.45) is 9.13. The third kappa shape index (κ3) is 3.68. The number of anilines is 1. The first-order chi connectivity index (χ1) is 9.74. The summed E-state index contributed by atoms with van der Waals surface area (Å²) in [6.45, 7) is 5.86. The molecule has 1 aliphatic carbocycles. The van der Waals surface area contributed by atoms with E-state index in [-0.39, 0.29) is 5.91 Å². The SMILES string of the molecule is CCN(CC)c1ncc(C(=O)NC2CCCCC2)cn1. The number of amides is 1. The highest BCUT2D eigenvalue weighted by atomic mass is 16.1. The zero-order chi connectivity index (χ0) is 14.4. The largest absolute Gasteiger partial charge is 0.349 e. The van der Waals surface area contributed by atoms with E-state index in [1.54, 1.807) is 12.4 Å². The second-order valence-electron chi connectivity index (χ2n) is 5.25. The fraction of sp³-hybridized carbons (Fsp3) is 0.667. The molecule has 1 aromatic rings. The first kappa shape index (κ1) is 14.8. The summed E-state index contributed by atoms with van der Waals surface area (Å²) in [5.74, 6) is 0.632. The van der Waals surface area contributed by atoms with Gasteiger partial charge in [0.15, 0.2) is 0 Å². The molecule has 1 fully saturated rings. The molecule has 0 bridgehead atoms. The van der Waals surface area contributed by atoms with E-state index >= 15 is 0 Å². The van der Waals surface area contributed by atoms with Crippen molar-refractivity contribution in [1.29, 1.82) is 0 Å². The summed E-state index contributed by atoms with van der Waals surface area (Å²) in [4.78, 5) is 22.8. The lowest BCUT2D eigenvalue weighted by atomic mass is 9.95. The van der Waals surface area contributed by atoms with Crippen molar-refractivity contribution in [2.24, 2.45) is 0 Å². The van der Waals surface area contributed by atoms with E-state index in [2.05, 4.69) is 34.0 Å². The van der Waals surface area contributed by atoms with E-state index in [0.717, 1.165) is 25.9 Å². The van der Waals surface area contributed by atoms with Crippen LogP contribution in [0.2, 0.25) is 0 Å². The zero-order valence-electron chi connectivity index (χ0n) is 12.4. The van der Waals surface area contributed by atoms with Crippen molar-refractivity contribution in [1.82, 2.24) is 15.3 Å². The second-order valence-corrected chi connectivity index (χ2v) is 5.25. The highest BCUT2D eigenvalue weighted by molar-refractivity contribution is 5.93. The fourth-order valence-corrected chi connectivity index (χ4v) is 2.62. The molecule has 0 saturated heterocycles. The molecule has 0 radical (unpaired) electrons. The Morgan fingerprint density at radius 3 is 2.35 bits per heavy atom. The van der Waals surface area contributed by atoms with Crippen LogP contribution in [0.4, 0.5) is 5.95 Å². The van der Waals surface area contributed by atoms with Crippen molar-refractivity contribution < 1.29 is 4.79 Å². The maximum Gasteiger partial charge on any atom is 0.254 e. The van der Waals surface area contributed by atoms with E-state index in [9.17, 15) is 4.79 Å². The Bertz CT molecular complexity index is 422. The summed E-state index contributed by atoms with van der Waals surface area (Å²) in [7, 11) is 0. The van der Waals surface area contributed by atoms with Crippen molar-refractivity contribution in [2.45, 2.75) is 52.0 Å². The number of hydrogen-bond donors (Lipinski definition) is 1. The van der Waals surface area contributed by atoms with E-state index < -0.39 is 0 Å². The average molecular weight is 276 g/mol. The summed E-state index contributed by atoms with van der Waals surface area (Å²) >= 11 is 0. The lowest BCUT2D eigenvalue weighted by molar-refractivity contribution is 0.0927. The molecule has 1 aliphatic rings. The number of carbonyl (C=O) groups is 1. The fourth-order valence-electron chi connectivity index (χ4n) is 2.62. The van der Waals surface area contributed by atoms with Gasteiger partial charge in [-0.05, 0) is 26.7 Å². The highest BCUT2D eigenvalue weighted by Crippen LogP contribution is 2.17. The quantitative estimate of drug-likeness (QED) is 0.897. The van der Waals surface area contributed by atoms with Crippen molar-refractivity contribution in [3.8, 4) is 0 Å². The summed E-state index contributed by atoms with van der Waals surface area (Å²) in [6, 6.07) is 0.318. The molecule has 1 aromatic heterocycles. The van der Waals surface area contributed by atoms with Gasteiger partial charge in [0.05, 0.1) is 5.56 Å². The Hall–Kier alpha value is -1.65. The molecule has 0 unspecified atom stereocenters. The van der Waals surface area contributed by atoms with Crippen LogP contribution in [0.3, 0.4) is 0 Å². The molecule has 5 heteroatoms. The molecule has 0 spiro atoms. The molecule has 20 heavy (non-hydrogen) atoms. The number of aromatic nitrogens is 2. The van der Waals surface area contributed by atoms with Crippen LogP contribution in [0, 0.1) is 0 Å². The van der Waals surface area contributed by atoms with Crippen LogP contribution in [-0.2, 0) is 0 Å². The van der Waals surface area contributed by atoms with Gasteiger partial charge in [0, 0.05) is 31.5 Å². The van der Waals surface area contributed by atoms with Crippen molar-refractivity contribution in [2.75, 3.05) is 18.0 Å². The number of carbonyl (C=O) groups excluding carboxylic acids is 1. The van der Waals surface area contributed by atoms with Crippen LogP contribution in [0.15, 0.2) is 12.4 Å². The molecule has 5 nitrogen and oxygen atoms in total. The molecular weight excluding hydrogens is 252 g/mol. The molecule has 1 amide bonds. The third-order valence-corrected chi connectivity index (χ3v) is 3.89. The van der Waals surface area contributed by atoms with Crippen LogP contribution >= 0.6 is 0 Å². The van der Waals surface area contributed by atoms with Crippen LogP contribution in [-0.4, -0.2) is 35.0 Å². The van der Waals surface area contributed by atoms with Gasteiger partial charge in [0.25, 0.3) is 5.91 Å². The van der Waals surface area contributed by atoms with Gasteiger partial charge in [-0.15, -0.1) is 0 Å². The maximum atomic E-state index is 12.1. The predicted molar refractivity (Wildman–Crippen MR) is 79.9 cm³/mol. The Morgan fingerprint density at radius 2 is 1.80 bits per heavy atom. The molecule has 0 aliphatic heterocycles. The minimum Gasteiger partial charge on any atom is -0.349 e. The summed E-state index contributed by atoms with van der Waals surface area (Å²) < 4.78 is 0. The number of rotatable bonds is 5. The lowest BCUT2D eigenvalue weighted by Gasteiger charge is -2.22. The normalized spacial score (nSPS) is 15.9. The molecule has 110 valence electrons. The maximum absolute atomic E-state index is 12.1.